The maximum absolute atomic E-state index is 10.2. The number of aliphatic hydroxyl groups excluding tert-OH is 1. The van der Waals surface area contributed by atoms with E-state index in [1.807, 2.05) is 44.2 Å². The van der Waals surface area contributed by atoms with Gasteiger partial charge in [0.2, 0.25) is 0 Å². The first-order chi connectivity index (χ1) is 8.15. The molecule has 0 aromatic heterocycles. The van der Waals surface area contributed by atoms with E-state index in [1.165, 1.54) is 0 Å². The molecule has 0 saturated carbocycles. The molecule has 1 aromatic rings. The summed E-state index contributed by atoms with van der Waals surface area (Å²) in [6.45, 7) is 3.97. The van der Waals surface area contributed by atoms with Crippen molar-refractivity contribution in [3.05, 3.63) is 35.9 Å². The van der Waals surface area contributed by atoms with Crippen molar-refractivity contribution in [2.45, 2.75) is 32.3 Å². The fourth-order valence-electron chi connectivity index (χ4n) is 2.51. The molecule has 3 heteroatoms. The van der Waals surface area contributed by atoms with E-state index in [4.69, 9.17) is 9.47 Å². The van der Waals surface area contributed by atoms with Crippen LogP contribution in [0.4, 0.5) is 0 Å². The highest BCUT2D eigenvalue weighted by Gasteiger charge is 2.41. The monoisotopic (exact) mass is 236 g/mol. The molecule has 17 heavy (non-hydrogen) atoms. The Labute approximate surface area is 102 Å². The Morgan fingerprint density at radius 2 is 1.76 bits per heavy atom. The second-order valence-corrected chi connectivity index (χ2v) is 4.78. The third kappa shape index (κ3) is 2.37. The van der Waals surface area contributed by atoms with Crippen LogP contribution in [0.1, 0.15) is 25.5 Å². The summed E-state index contributed by atoms with van der Waals surface area (Å²) >= 11 is 0. The van der Waals surface area contributed by atoms with Crippen LogP contribution in [0, 0.1) is 11.8 Å². The topological polar surface area (TPSA) is 38.7 Å². The van der Waals surface area contributed by atoms with Gasteiger partial charge in [-0.2, -0.15) is 0 Å². The lowest BCUT2D eigenvalue weighted by atomic mass is 9.83. The van der Waals surface area contributed by atoms with Crippen molar-refractivity contribution in [1.29, 1.82) is 0 Å². The Bertz CT molecular complexity index is 350. The quantitative estimate of drug-likeness (QED) is 0.856. The van der Waals surface area contributed by atoms with Gasteiger partial charge in [-0.05, 0) is 5.56 Å². The van der Waals surface area contributed by atoms with Crippen LogP contribution >= 0.6 is 0 Å². The second kappa shape index (κ2) is 5.17. The maximum atomic E-state index is 10.2. The van der Waals surface area contributed by atoms with Crippen molar-refractivity contribution in [3.63, 3.8) is 0 Å². The Morgan fingerprint density at radius 3 is 2.35 bits per heavy atom. The second-order valence-electron chi connectivity index (χ2n) is 4.78. The molecule has 3 nitrogen and oxygen atoms in total. The lowest BCUT2D eigenvalue weighted by molar-refractivity contribution is -0.255. The molecule has 1 heterocycles. The number of hydrogen-bond acceptors (Lipinski definition) is 3. The lowest BCUT2D eigenvalue weighted by Crippen LogP contribution is -2.45. The summed E-state index contributed by atoms with van der Waals surface area (Å²) in [6, 6.07) is 9.99. The van der Waals surface area contributed by atoms with Gasteiger partial charge in [-0.1, -0.05) is 44.2 Å². The number of methoxy groups -OCH3 is 1. The predicted octanol–water partition coefficient (Wildman–Crippen LogP) is 2.36. The number of ether oxygens (including phenoxy) is 2. The molecule has 1 fully saturated rings. The van der Waals surface area contributed by atoms with E-state index in [9.17, 15) is 5.11 Å². The van der Waals surface area contributed by atoms with Crippen LogP contribution in [0.5, 0.6) is 0 Å². The Balaban J connectivity index is 2.23. The van der Waals surface area contributed by atoms with Crippen LogP contribution < -0.4 is 0 Å². The van der Waals surface area contributed by atoms with E-state index in [2.05, 4.69) is 0 Å². The van der Waals surface area contributed by atoms with Gasteiger partial charge >= 0.3 is 0 Å². The molecule has 1 N–H and O–H groups in total. The summed E-state index contributed by atoms with van der Waals surface area (Å²) < 4.78 is 11.2. The van der Waals surface area contributed by atoms with Crippen LogP contribution in [0.25, 0.3) is 0 Å². The molecular formula is C14H20O3. The molecule has 5 atom stereocenters. The van der Waals surface area contributed by atoms with Crippen LogP contribution in [0.2, 0.25) is 0 Å². The molecule has 94 valence electrons. The lowest BCUT2D eigenvalue weighted by Gasteiger charge is -2.42. The molecule has 1 saturated heterocycles. The first-order valence-corrected chi connectivity index (χ1v) is 6.06. The smallest absolute Gasteiger partial charge is 0.163 e. The van der Waals surface area contributed by atoms with Crippen molar-refractivity contribution in [2.75, 3.05) is 7.11 Å². The van der Waals surface area contributed by atoms with Crippen molar-refractivity contribution in [1.82, 2.24) is 0 Å². The van der Waals surface area contributed by atoms with Gasteiger partial charge in [0.15, 0.2) is 6.29 Å². The van der Waals surface area contributed by atoms with Gasteiger partial charge in [0, 0.05) is 18.9 Å². The molecular weight excluding hydrogens is 216 g/mol. The van der Waals surface area contributed by atoms with Crippen LogP contribution in [0.15, 0.2) is 30.3 Å². The molecule has 0 aliphatic carbocycles. The number of hydrogen-bond donors (Lipinski definition) is 1. The number of aliphatic hydroxyl groups is 1. The average molecular weight is 236 g/mol. The largest absolute Gasteiger partial charge is 0.392 e. The highest BCUT2D eigenvalue weighted by atomic mass is 16.7. The van der Waals surface area contributed by atoms with Gasteiger partial charge in [-0.25, -0.2) is 0 Å². The molecule has 2 rings (SSSR count). The minimum Gasteiger partial charge on any atom is -0.392 e. The molecule has 0 amide bonds. The highest BCUT2D eigenvalue weighted by Crippen LogP contribution is 2.39. The van der Waals surface area contributed by atoms with Crippen LogP contribution in [-0.4, -0.2) is 24.6 Å². The zero-order chi connectivity index (χ0) is 12.4. The Hall–Kier alpha value is -0.900. The first-order valence-electron chi connectivity index (χ1n) is 6.06. The summed E-state index contributed by atoms with van der Waals surface area (Å²) in [5, 5.41) is 10.2. The van der Waals surface area contributed by atoms with Gasteiger partial charge in [-0.3, -0.25) is 0 Å². The third-order valence-electron chi connectivity index (χ3n) is 3.63. The summed E-state index contributed by atoms with van der Waals surface area (Å²) in [6.07, 6.45) is -0.849. The highest BCUT2D eigenvalue weighted by molar-refractivity contribution is 5.19. The minimum atomic E-state index is -0.404. The van der Waals surface area contributed by atoms with Crippen molar-refractivity contribution in [3.8, 4) is 0 Å². The van der Waals surface area contributed by atoms with E-state index < -0.39 is 6.10 Å². The van der Waals surface area contributed by atoms with Crippen molar-refractivity contribution >= 4 is 0 Å². The van der Waals surface area contributed by atoms with E-state index in [0.29, 0.717) is 0 Å². The fourth-order valence-corrected chi connectivity index (χ4v) is 2.51. The molecule has 1 aromatic carbocycles. The standard InChI is InChI=1S/C14H20O3/c1-9-12(15)10(2)14(16-3)17-13(9)11-7-5-4-6-8-11/h4-10,12-15H,1-3H3/t9-,10-,12-,13+,14-/m1/s1. The van der Waals surface area contributed by atoms with Gasteiger partial charge < -0.3 is 14.6 Å². The SMILES string of the molecule is CO[C@@H]1O[C@H](c2ccccc2)[C@H](C)[C@@H](O)[C@H]1C. The summed E-state index contributed by atoms with van der Waals surface area (Å²) in [5.74, 6) is 0.0637. The predicted molar refractivity (Wildman–Crippen MR) is 65.4 cm³/mol. The maximum Gasteiger partial charge on any atom is 0.163 e. The fraction of sp³-hybridized carbons (Fsp3) is 0.571. The van der Waals surface area contributed by atoms with E-state index in [-0.39, 0.29) is 24.2 Å². The van der Waals surface area contributed by atoms with Crippen LogP contribution in [0.3, 0.4) is 0 Å². The normalized spacial score (nSPS) is 38.0. The van der Waals surface area contributed by atoms with Crippen LogP contribution in [-0.2, 0) is 9.47 Å². The molecule has 1 aliphatic heterocycles. The Kier molecular flexibility index (Phi) is 3.82. The number of benzene rings is 1. The van der Waals surface area contributed by atoms with E-state index in [0.717, 1.165) is 5.56 Å². The first kappa shape index (κ1) is 12.6. The van der Waals surface area contributed by atoms with E-state index >= 15 is 0 Å². The molecule has 1 aliphatic rings. The average Bonchev–Trinajstić information content (AvgIpc) is 2.37. The zero-order valence-corrected chi connectivity index (χ0v) is 10.5. The summed E-state index contributed by atoms with van der Waals surface area (Å²) in [5.41, 5.74) is 1.09. The third-order valence-corrected chi connectivity index (χ3v) is 3.63. The zero-order valence-electron chi connectivity index (χ0n) is 10.5. The minimum absolute atomic E-state index is 0.00466. The molecule has 0 radical (unpaired) electrons. The van der Waals surface area contributed by atoms with Crippen molar-refractivity contribution in [2.24, 2.45) is 11.8 Å². The molecule has 0 unspecified atom stereocenters. The number of rotatable bonds is 2. The van der Waals surface area contributed by atoms with Crippen molar-refractivity contribution < 1.29 is 14.6 Å². The van der Waals surface area contributed by atoms with Gasteiger partial charge in [0.05, 0.1) is 12.2 Å². The van der Waals surface area contributed by atoms with E-state index in [1.54, 1.807) is 7.11 Å². The Morgan fingerprint density at radius 1 is 1.12 bits per heavy atom. The molecule has 0 spiro atoms. The molecule has 0 bridgehead atoms. The van der Waals surface area contributed by atoms with Gasteiger partial charge in [0.1, 0.15) is 0 Å². The summed E-state index contributed by atoms with van der Waals surface area (Å²) in [7, 11) is 1.62. The van der Waals surface area contributed by atoms with Gasteiger partial charge in [-0.15, -0.1) is 0 Å². The summed E-state index contributed by atoms with van der Waals surface area (Å²) in [4.78, 5) is 0. The van der Waals surface area contributed by atoms with Gasteiger partial charge in [0.25, 0.3) is 0 Å².